The largest absolute Gasteiger partial charge is 0.497 e. The molecule has 0 heterocycles. The van der Waals surface area contributed by atoms with Crippen molar-refractivity contribution in [2.24, 2.45) is 0 Å². The Morgan fingerprint density at radius 2 is 1.63 bits per heavy atom. The first-order valence-corrected chi connectivity index (χ1v) is 15.2. The van der Waals surface area contributed by atoms with Crippen molar-refractivity contribution in [3.05, 3.63) is 125 Å². The van der Waals surface area contributed by atoms with E-state index in [9.17, 15) is 9.59 Å². The highest BCUT2D eigenvalue weighted by molar-refractivity contribution is 6.30. The van der Waals surface area contributed by atoms with E-state index < -0.39 is 6.04 Å². The molecule has 1 saturated carbocycles. The summed E-state index contributed by atoms with van der Waals surface area (Å²) in [5.74, 6) is 0.935. The van der Waals surface area contributed by atoms with Crippen molar-refractivity contribution in [3.63, 3.8) is 0 Å². The molecule has 222 valence electrons. The monoisotopic (exact) mass is 595 g/mol. The molecule has 6 nitrogen and oxygen atoms in total. The average molecular weight is 596 g/mol. The van der Waals surface area contributed by atoms with Gasteiger partial charge in [0.05, 0.1) is 7.11 Å². The summed E-state index contributed by atoms with van der Waals surface area (Å²) in [6, 6.07) is 33.0. The predicted octanol–water partition coefficient (Wildman–Crippen LogP) is 6.75. The lowest BCUT2D eigenvalue weighted by Crippen LogP contribution is -2.46. The van der Waals surface area contributed by atoms with Crippen LogP contribution in [0.2, 0.25) is 5.02 Å². The molecule has 1 aliphatic carbocycles. The van der Waals surface area contributed by atoms with Gasteiger partial charge in [-0.1, -0.05) is 78.3 Å². The third-order valence-electron chi connectivity index (χ3n) is 7.89. The molecule has 3 atom stereocenters. The number of benzene rings is 4. The fourth-order valence-electron chi connectivity index (χ4n) is 5.32. The lowest BCUT2D eigenvalue weighted by atomic mass is 10.0. The van der Waals surface area contributed by atoms with Gasteiger partial charge in [0.15, 0.2) is 0 Å². The van der Waals surface area contributed by atoms with E-state index in [1.807, 2.05) is 72.8 Å². The topological polar surface area (TPSA) is 79.5 Å². The van der Waals surface area contributed by atoms with Gasteiger partial charge in [0.2, 0.25) is 5.91 Å². The Labute approximate surface area is 258 Å². The van der Waals surface area contributed by atoms with E-state index in [-0.39, 0.29) is 11.8 Å². The predicted molar refractivity (Wildman–Crippen MR) is 172 cm³/mol. The van der Waals surface area contributed by atoms with Gasteiger partial charge >= 0.3 is 0 Å². The van der Waals surface area contributed by atoms with Crippen molar-refractivity contribution < 1.29 is 14.3 Å². The van der Waals surface area contributed by atoms with E-state index >= 15 is 0 Å². The molecule has 0 spiro atoms. The molecular weight excluding hydrogens is 558 g/mol. The average Bonchev–Trinajstić information content (AvgIpc) is 3.83. The van der Waals surface area contributed by atoms with Gasteiger partial charge in [-0.2, -0.15) is 0 Å². The van der Waals surface area contributed by atoms with Gasteiger partial charge in [0.1, 0.15) is 11.8 Å². The molecule has 3 N–H and O–H groups in total. The van der Waals surface area contributed by atoms with Crippen LogP contribution in [0.1, 0.15) is 53.1 Å². The second-order valence-corrected chi connectivity index (χ2v) is 11.4. The number of methoxy groups -OCH3 is 1. The molecule has 0 aliphatic heterocycles. The van der Waals surface area contributed by atoms with Gasteiger partial charge in [0, 0.05) is 29.1 Å². The van der Waals surface area contributed by atoms with E-state index in [0.717, 1.165) is 48.2 Å². The molecule has 1 aliphatic rings. The smallest absolute Gasteiger partial charge is 0.251 e. The molecule has 0 aromatic heterocycles. The quantitative estimate of drug-likeness (QED) is 0.141. The van der Waals surface area contributed by atoms with Crippen LogP contribution in [0.5, 0.6) is 5.75 Å². The Hall–Kier alpha value is -4.13. The summed E-state index contributed by atoms with van der Waals surface area (Å²) in [4.78, 5) is 26.4. The molecule has 4 aromatic rings. The number of carbonyl (C=O) groups excluding carboxylic acids is 2. The Kier molecular flexibility index (Phi) is 10.5. The van der Waals surface area contributed by atoms with Gasteiger partial charge < -0.3 is 20.7 Å². The van der Waals surface area contributed by atoms with Crippen molar-refractivity contribution in [1.29, 1.82) is 0 Å². The highest BCUT2D eigenvalue weighted by atomic mass is 35.5. The second kappa shape index (κ2) is 14.9. The zero-order valence-corrected chi connectivity index (χ0v) is 25.1. The SMILES string of the molecule is COc1ccc([C@@H]2C[C@H]2NCCCCC(NC(=O)c2ccc(-c3ccccc3)cc2)C(=O)NCc2cccc(Cl)c2)cc1. The minimum absolute atomic E-state index is 0.205. The number of ether oxygens (including phenoxy) is 1. The van der Waals surface area contributed by atoms with Crippen LogP contribution in [0, 0.1) is 0 Å². The lowest BCUT2D eigenvalue weighted by Gasteiger charge is -2.19. The summed E-state index contributed by atoms with van der Waals surface area (Å²) in [6.45, 7) is 1.20. The normalized spacial score (nSPS) is 16.2. The van der Waals surface area contributed by atoms with Crippen molar-refractivity contribution in [1.82, 2.24) is 16.0 Å². The van der Waals surface area contributed by atoms with Gasteiger partial charge in [-0.3, -0.25) is 9.59 Å². The summed E-state index contributed by atoms with van der Waals surface area (Å²) < 4.78 is 5.26. The van der Waals surface area contributed by atoms with Crippen LogP contribution in [-0.2, 0) is 11.3 Å². The first kappa shape index (κ1) is 30.3. The van der Waals surface area contributed by atoms with Crippen LogP contribution >= 0.6 is 11.6 Å². The zero-order valence-electron chi connectivity index (χ0n) is 24.4. The second-order valence-electron chi connectivity index (χ2n) is 11.0. The van der Waals surface area contributed by atoms with Crippen molar-refractivity contribution in [2.45, 2.75) is 50.2 Å². The van der Waals surface area contributed by atoms with Crippen molar-refractivity contribution in [3.8, 4) is 16.9 Å². The number of carbonyl (C=O) groups is 2. The molecule has 1 fully saturated rings. The molecule has 2 amide bonds. The number of nitrogens with one attached hydrogen (secondary N) is 3. The van der Waals surface area contributed by atoms with Gasteiger partial charge in [0.25, 0.3) is 5.91 Å². The summed E-state index contributed by atoms with van der Waals surface area (Å²) in [6.07, 6.45) is 3.38. The van der Waals surface area contributed by atoms with Crippen LogP contribution in [0.3, 0.4) is 0 Å². The maximum absolute atomic E-state index is 13.3. The molecule has 7 heteroatoms. The van der Waals surface area contributed by atoms with Crippen molar-refractivity contribution >= 4 is 23.4 Å². The van der Waals surface area contributed by atoms with E-state index in [0.29, 0.717) is 35.5 Å². The van der Waals surface area contributed by atoms with Crippen LogP contribution in [-0.4, -0.2) is 37.6 Å². The number of rotatable bonds is 14. The summed E-state index contributed by atoms with van der Waals surface area (Å²) in [5, 5.41) is 10.2. The Morgan fingerprint density at radius 3 is 2.35 bits per heavy atom. The number of unbranched alkanes of at least 4 members (excludes halogenated alkanes) is 1. The molecular formula is C36H38ClN3O3. The van der Waals surface area contributed by atoms with Crippen LogP contribution in [0.4, 0.5) is 0 Å². The van der Waals surface area contributed by atoms with Gasteiger partial charge in [-0.05, 0) is 90.9 Å². The molecule has 4 aromatic carbocycles. The maximum Gasteiger partial charge on any atom is 0.251 e. The lowest BCUT2D eigenvalue weighted by molar-refractivity contribution is -0.123. The molecule has 0 bridgehead atoms. The van der Waals surface area contributed by atoms with E-state index in [1.165, 1.54) is 5.56 Å². The first-order valence-electron chi connectivity index (χ1n) is 14.9. The van der Waals surface area contributed by atoms with E-state index in [1.54, 1.807) is 25.3 Å². The Bertz CT molecular complexity index is 1490. The highest BCUT2D eigenvalue weighted by Crippen LogP contribution is 2.41. The highest BCUT2D eigenvalue weighted by Gasteiger charge is 2.37. The van der Waals surface area contributed by atoms with E-state index in [4.69, 9.17) is 16.3 Å². The van der Waals surface area contributed by atoms with Crippen LogP contribution in [0.15, 0.2) is 103 Å². The van der Waals surface area contributed by atoms with Gasteiger partial charge in [-0.25, -0.2) is 0 Å². The van der Waals surface area contributed by atoms with E-state index in [2.05, 4.69) is 28.1 Å². The van der Waals surface area contributed by atoms with Crippen LogP contribution < -0.4 is 20.7 Å². The standard InChI is InChI=1S/C36H38ClN3O3/c1-43-31-19-17-28(18-20-31)32-23-34(32)38-21-6-5-12-33(36(42)39-24-25-8-7-11-30(37)22-25)40-35(41)29-15-13-27(14-16-29)26-9-3-2-4-10-26/h2-4,7-11,13-20,22,32-34,38H,5-6,12,21,23-24H2,1H3,(H,39,42)(H,40,41)/t32-,33?,34+/m0/s1. The third-order valence-corrected chi connectivity index (χ3v) is 8.13. The Morgan fingerprint density at radius 1 is 0.884 bits per heavy atom. The number of hydrogen-bond donors (Lipinski definition) is 3. The molecule has 1 unspecified atom stereocenters. The third kappa shape index (κ3) is 8.69. The minimum atomic E-state index is -0.645. The molecule has 43 heavy (non-hydrogen) atoms. The fourth-order valence-corrected chi connectivity index (χ4v) is 5.53. The molecule has 5 rings (SSSR count). The van der Waals surface area contributed by atoms with Crippen LogP contribution in [0.25, 0.3) is 11.1 Å². The van der Waals surface area contributed by atoms with Crippen molar-refractivity contribution in [2.75, 3.05) is 13.7 Å². The molecule has 0 saturated heterocycles. The Balaban J connectivity index is 1.13. The number of hydrogen-bond acceptors (Lipinski definition) is 4. The summed E-state index contributed by atoms with van der Waals surface area (Å²) in [7, 11) is 1.68. The summed E-state index contributed by atoms with van der Waals surface area (Å²) in [5.41, 5.74) is 4.87. The number of halogens is 1. The minimum Gasteiger partial charge on any atom is -0.497 e. The summed E-state index contributed by atoms with van der Waals surface area (Å²) >= 11 is 6.11. The maximum atomic E-state index is 13.3. The first-order chi connectivity index (χ1) is 21.0. The molecule has 0 radical (unpaired) electrons. The number of amides is 2. The van der Waals surface area contributed by atoms with Gasteiger partial charge in [-0.15, -0.1) is 0 Å². The fraction of sp³-hybridized carbons (Fsp3) is 0.278. The zero-order chi connectivity index (χ0) is 30.0.